The van der Waals surface area contributed by atoms with Crippen LogP contribution in [0.25, 0.3) is 0 Å². The Morgan fingerprint density at radius 2 is 1.88 bits per heavy atom. The molecular formula is C21H34O4. The van der Waals surface area contributed by atoms with E-state index in [1.54, 1.807) is 0 Å². The van der Waals surface area contributed by atoms with Crippen LogP contribution in [0.1, 0.15) is 73.6 Å². The number of fused-ring (bicyclic) bond motifs is 3. The van der Waals surface area contributed by atoms with E-state index in [4.69, 9.17) is 9.47 Å². The molecule has 0 bridgehead atoms. The molecule has 2 aliphatic carbocycles. The lowest BCUT2D eigenvalue weighted by atomic mass is 9.44. The Labute approximate surface area is 152 Å². The summed E-state index contributed by atoms with van der Waals surface area (Å²) in [5.74, 6) is 1.21. The topological polar surface area (TPSA) is 55.8 Å². The maximum atomic E-state index is 12.4. The molecule has 2 fully saturated rings. The van der Waals surface area contributed by atoms with Gasteiger partial charge in [0.15, 0.2) is 0 Å². The number of carbonyl (C=O) groups excluding carboxylic acids is 1. The Balaban J connectivity index is 1.99. The van der Waals surface area contributed by atoms with Crippen LogP contribution in [0.5, 0.6) is 0 Å². The highest BCUT2D eigenvalue weighted by Gasteiger charge is 2.62. The third-order valence-corrected chi connectivity index (χ3v) is 7.71. The number of rotatable bonds is 2. The summed E-state index contributed by atoms with van der Waals surface area (Å²) in [5.41, 5.74) is 0.432. The minimum atomic E-state index is -0.249. The third-order valence-electron chi connectivity index (χ3n) is 7.71. The second-order valence-corrected chi connectivity index (χ2v) is 9.40. The Hall–Kier alpha value is -1.03. The summed E-state index contributed by atoms with van der Waals surface area (Å²) >= 11 is 0. The van der Waals surface area contributed by atoms with Crippen molar-refractivity contribution in [1.29, 1.82) is 0 Å². The second kappa shape index (κ2) is 6.00. The molecular weight excluding hydrogens is 316 g/mol. The van der Waals surface area contributed by atoms with Crippen molar-refractivity contribution < 1.29 is 19.4 Å². The predicted octanol–water partition coefficient (Wildman–Crippen LogP) is 4.22. The van der Waals surface area contributed by atoms with E-state index in [0.717, 1.165) is 37.9 Å². The van der Waals surface area contributed by atoms with Crippen molar-refractivity contribution in [1.82, 2.24) is 0 Å². The number of hydrogen-bond acceptors (Lipinski definition) is 4. The van der Waals surface area contributed by atoms with Gasteiger partial charge in [-0.2, -0.15) is 0 Å². The first-order valence-corrected chi connectivity index (χ1v) is 9.80. The van der Waals surface area contributed by atoms with Crippen LogP contribution in [-0.4, -0.2) is 29.4 Å². The molecule has 25 heavy (non-hydrogen) atoms. The molecule has 0 amide bonds. The summed E-state index contributed by atoms with van der Waals surface area (Å²) in [6.45, 7) is 13.1. The highest BCUT2D eigenvalue weighted by Crippen LogP contribution is 2.65. The standard InChI is InChI=1S/C21H34O4/c1-7-24-18(23)14-12-16-20(5)10-9-17(22)19(3,4)15(20)8-11-21(16,6)25-13(14)2/h15-17,22H,7-12H2,1-6H3/t15-,16+,17-,20-,21+/m0/s1. The molecule has 0 aromatic rings. The fraction of sp³-hybridized carbons (Fsp3) is 0.857. The van der Waals surface area contributed by atoms with Crippen LogP contribution in [-0.2, 0) is 14.3 Å². The highest BCUT2D eigenvalue weighted by atomic mass is 16.5. The maximum Gasteiger partial charge on any atom is 0.337 e. The summed E-state index contributed by atoms with van der Waals surface area (Å²) < 4.78 is 11.7. The van der Waals surface area contributed by atoms with Gasteiger partial charge in [0, 0.05) is 5.92 Å². The van der Waals surface area contributed by atoms with Crippen molar-refractivity contribution in [2.45, 2.75) is 85.4 Å². The van der Waals surface area contributed by atoms with Crippen LogP contribution in [0.2, 0.25) is 0 Å². The van der Waals surface area contributed by atoms with E-state index >= 15 is 0 Å². The number of aliphatic hydroxyl groups excluding tert-OH is 1. The van der Waals surface area contributed by atoms with Gasteiger partial charge >= 0.3 is 5.97 Å². The lowest BCUT2D eigenvalue weighted by Gasteiger charge is -2.64. The van der Waals surface area contributed by atoms with E-state index in [2.05, 4.69) is 27.7 Å². The molecule has 5 atom stereocenters. The Morgan fingerprint density at radius 1 is 1.20 bits per heavy atom. The van der Waals surface area contributed by atoms with E-state index in [-0.39, 0.29) is 34.4 Å². The van der Waals surface area contributed by atoms with Crippen molar-refractivity contribution in [2.24, 2.45) is 22.7 Å². The largest absolute Gasteiger partial charge is 0.491 e. The zero-order valence-electron chi connectivity index (χ0n) is 16.6. The number of carbonyl (C=O) groups is 1. The second-order valence-electron chi connectivity index (χ2n) is 9.40. The lowest BCUT2D eigenvalue weighted by Crippen LogP contribution is -2.62. The van der Waals surface area contributed by atoms with Gasteiger partial charge in [-0.15, -0.1) is 0 Å². The molecule has 0 aromatic heterocycles. The molecule has 3 aliphatic rings. The number of esters is 1. The molecule has 0 unspecified atom stereocenters. The minimum absolute atomic E-state index is 0.0637. The number of ether oxygens (including phenoxy) is 2. The van der Waals surface area contributed by atoms with Crippen LogP contribution in [0, 0.1) is 22.7 Å². The van der Waals surface area contributed by atoms with Crippen LogP contribution in [0.4, 0.5) is 0 Å². The Bertz CT molecular complexity index is 593. The van der Waals surface area contributed by atoms with E-state index in [1.807, 2.05) is 13.8 Å². The first-order chi connectivity index (χ1) is 11.6. The molecule has 0 spiro atoms. The van der Waals surface area contributed by atoms with E-state index in [0.29, 0.717) is 18.1 Å². The molecule has 0 radical (unpaired) electrons. The van der Waals surface area contributed by atoms with Gasteiger partial charge in [-0.3, -0.25) is 0 Å². The van der Waals surface area contributed by atoms with Gasteiger partial charge in [0.25, 0.3) is 0 Å². The summed E-state index contributed by atoms with van der Waals surface area (Å²) in [4.78, 5) is 12.4. The highest BCUT2D eigenvalue weighted by molar-refractivity contribution is 5.89. The Morgan fingerprint density at radius 3 is 2.52 bits per heavy atom. The molecule has 0 saturated heterocycles. The monoisotopic (exact) mass is 350 g/mol. The number of allylic oxidation sites excluding steroid dienone is 1. The summed E-state index contributed by atoms with van der Waals surface area (Å²) in [6.07, 6.45) is 4.32. The SMILES string of the molecule is CCOC(=O)C1=C(C)O[C@]2(C)CC[C@H]3C(C)(C)[C@@H](O)CC[C@]3(C)[C@H]2C1. The molecule has 4 heteroatoms. The fourth-order valence-corrected chi connectivity index (χ4v) is 6.27. The Kier molecular flexibility index (Phi) is 4.50. The van der Waals surface area contributed by atoms with Crippen molar-refractivity contribution in [3.8, 4) is 0 Å². The quantitative estimate of drug-likeness (QED) is 0.758. The molecule has 2 saturated carbocycles. The van der Waals surface area contributed by atoms with E-state index in [9.17, 15) is 9.90 Å². The zero-order valence-corrected chi connectivity index (χ0v) is 16.6. The molecule has 142 valence electrons. The number of hydrogen-bond donors (Lipinski definition) is 1. The maximum absolute atomic E-state index is 12.4. The van der Waals surface area contributed by atoms with Gasteiger partial charge in [0.05, 0.1) is 18.3 Å². The molecule has 1 aliphatic heterocycles. The molecule has 4 nitrogen and oxygen atoms in total. The third kappa shape index (κ3) is 2.72. The van der Waals surface area contributed by atoms with Gasteiger partial charge in [0.2, 0.25) is 0 Å². The molecule has 3 rings (SSSR count). The lowest BCUT2D eigenvalue weighted by molar-refractivity contribution is -0.207. The zero-order chi connectivity index (χ0) is 18.6. The van der Waals surface area contributed by atoms with Crippen LogP contribution in [0.15, 0.2) is 11.3 Å². The first kappa shape index (κ1) is 18.8. The van der Waals surface area contributed by atoms with Crippen molar-refractivity contribution in [3.63, 3.8) is 0 Å². The van der Waals surface area contributed by atoms with Crippen molar-refractivity contribution in [3.05, 3.63) is 11.3 Å². The average Bonchev–Trinajstić information content (AvgIpc) is 2.50. The van der Waals surface area contributed by atoms with Crippen molar-refractivity contribution in [2.75, 3.05) is 6.61 Å². The van der Waals surface area contributed by atoms with E-state index in [1.165, 1.54) is 0 Å². The van der Waals surface area contributed by atoms with Gasteiger partial charge in [-0.1, -0.05) is 20.8 Å². The molecule has 1 N–H and O–H groups in total. The van der Waals surface area contributed by atoms with Crippen LogP contribution in [0.3, 0.4) is 0 Å². The fourth-order valence-electron chi connectivity index (χ4n) is 6.27. The predicted molar refractivity (Wildman–Crippen MR) is 96.8 cm³/mol. The van der Waals surface area contributed by atoms with Gasteiger partial charge in [-0.05, 0) is 69.6 Å². The summed E-state index contributed by atoms with van der Waals surface area (Å²) in [6, 6.07) is 0. The number of aliphatic hydroxyl groups is 1. The van der Waals surface area contributed by atoms with Crippen LogP contribution >= 0.6 is 0 Å². The van der Waals surface area contributed by atoms with Crippen LogP contribution < -0.4 is 0 Å². The summed E-state index contributed by atoms with van der Waals surface area (Å²) in [7, 11) is 0. The van der Waals surface area contributed by atoms with Gasteiger partial charge < -0.3 is 14.6 Å². The normalized spacial score (nSPS) is 42.9. The van der Waals surface area contributed by atoms with E-state index < -0.39 is 0 Å². The summed E-state index contributed by atoms with van der Waals surface area (Å²) in [5, 5.41) is 10.6. The van der Waals surface area contributed by atoms with Crippen molar-refractivity contribution >= 4 is 5.97 Å². The minimum Gasteiger partial charge on any atom is -0.491 e. The van der Waals surface area contributed by atoms with Gasteiger partial charge in [0.1, 0.15) is 11.4 Å². The van der Waals surface area contributed by atoms with Gasteiger partial charge in [-0.25, -0.2) is 4.79 Å². The molecule has 1 heterocycles. The molecule has 0 aromatic carbocycles. The first-order valence-electron chi connectivity index (χ1n) is 9.80. The smallest absolute Gasteiger partial charge is 0.337 e. The average molecular weight is 350 g/mol.